The zero-order valence-electron chi connectivity index (χ0n) is 9.15. The van der Waals surface area contributed by atoms with Crippen LogP contribution in [0.25, 0.3) is 0 Å². The number of aryl methyl sites for hydroxylation is 2. The van der Waals surface area contributed by atoms with Crippen LogP contribution in [0.3, 0.4) is 0 Å². The van der Waals surface area contributed by atoms with Crippen LogP contribution in [0.5, 0.6) is 0 Å². The van der Waals surface area contributed by atoms with Gasteiger partial charge in [-0.3, -0.25) is 0 Å². The SMILES string of the molecule is Cn1ccnc1CCC1(CO)CCOC1. The molecule has 0 spiro atoms. The van der Waals surface area contributed by atoms with Crippen molar-refractivity contribution in [2.24, 2.45) is 12.5 Å². The molecule has 1 aromatic rings. The lowest BCUT2D eigenvalue weighted by Crippen LogP contribution is -2.26. The molecule has 0 aromatic carbocycles. The molecule has 4 heteroatoms. The molecule has 0 saturated carbocycles. The minimum absolute atomic E-state index is 0.0219. The summed E-state index contributed by atoms with van der Waals surface area (Å²) in [7, 11) is 2.00. The lowest BCUT2D eigenvalue weighted by atomic mass is 9.83. The van der Waals surface area contributed by atoms with E-state index in [1.165, 1.54) is 0 Å². The second kappa shape index (κ2) is 4.33. The maximum atomic E-state index is 9.41. The van der Waals surface area contributed by atoms with Gasteiger partial charge in [0.15, 0.2) is 0 Å². The second-order valence-electron chi connectivity index (χ2n) is 4.42. The standard InChI is InChI=1S/C11H18N2O2/c1-13-6-5-12-10(13)2-3-11(8-14)4-7-15-9-11/h5-6,14H,2-4,7-9H2,1H3. The Balaban J connectivity index is 1.94. The first-order chi connectivity index (χ1) is 7.26. The fraction of sp³-hybridized carbons (Fsp3) is 0.727. The quantitative estimate of drug-likeness (QED) is 0.797. The number of nitrogens with zero attached hydrogens (tertiary/aromatic N) is 2. The predicted octanol–water partition coefficient (Wildman–Crippen LogP) is 0.752. The molecule has 1 saturated heterocycles. The summed E-state index contributed by atoms with van der Waals surface area (Å²) in [5, 5.41) is 9.41. The summed E-state index contributed by atoms with van der Waals surface area (Å²) in [5.41, 5.74) is -0.0219. The summed E-state index contributed by atoms with van der Waals surface area (Å²) in [6.07, 6.45) is 6.59. The van der Waals surface area contributed by atoms with Crippen LogP contribution in [-0.4, -0.2) is 34.5 Å². The van der Waals surface area contributed by atoms with Crippen molar-refractivity contribution in [3.8, 4) is 0 Å². The van der Waals surface area contributed by atoms with Crippen molar-refractivity contribution in [2.45, 2.75) is 19.3 Å². The zero-order valence-corrected chi connectivity index (χ0v) is 9.15. The van der Waals surface area contributed by atoms with Crippen molar-refractivity contribution in [1.29, 1.82) is 0 Å². The van der Waals surface area contributed by atoms with Crippen molar-refractivity contribution in [1.82, 2.24) is 9.55 Å². The molecule has 2 heterocycles. The fourth-order valence-corrected chi connectivity index (χ4v) is 2.06. The van der Waals surface area contributed by atoms with E-state index < -0.39 is 0 Å². The first-order valence-electron chi connectivity index (χ1n) is 5.41. The van der Waals surface area contributed by atoms with Gasteiger partial charge >= 0.3 is 0 Å². The van der Waals surface area contributed by atoms with Gasteiger partial charge in [-0.2, -0.15) is 0 Å². The highest BCUT2D eigenvalue weighted by Gasteiger charge is 2.34. The van der Waals surface area contributed by atoms with E-state index in [-0.39, 0.29) is 12.0 Å². The average molecular weight is 210 g/mol. The van der Waals surface area contributed by atoms with E-state index in [0.29, 0.717) is 6.61 Å². The number of hydrogen-bond donors (Lipinski definition) is 1. The third-order valence-electron chi connectivity index (χ3n) is 3.32. The number of hydrogen-bond acceptors (Lipinski definition) is 3. The summed E-state index contributed by atoms with van der Waals surface area (Å²) in [6, 6.07) is 0. The Bertz CT molecular complexity index is 316. The third kappa shape index (κ3) is 2.21. The summed E-state index contributed by atoms with van der Waals surface area (Å²) < 4.78 is 7.39. The maximum absolute atomic E-state index is 9.41. The Morgan fingerprint density at radius 3 is 3.07 bits per heavy atom. The molecule has 1 unspecified atom stereocenters. The predicted molar refractivity (Wildman–Crippen MR) is 56.5 cm³/mol. The summed E-state index contributed by atoms with van der Waals surface area (Å²) in [5.74, 6) is 1.08. The highest BCUT2D eigenvalue weighted by molar-refractivity contribution is 4.94. The van der Waals surface area contributed by atoms with Crippen molar-refractivity contribution < 1.29 is 9.84 Å². The molecule has 0 aliphatic carbocycles. The number of aromatic nitrogens is 2. The summed E-state index contributed by atoms with van der Waals surface area (Å²) in [6.45, 7) is 1.69. The summed E-state index contributed by atoms with van der Waals surface area (Å²) >= 11 is 0. The normalized spacial score (nSPS) is 26.0. The van der Waals surface area contributed by atoms with Gasteiger partial charge in [0.25, 0.3) is 0 Å². The van der Waals surface area contributed by atoms with Crippen molar-refractivity contribution in [3.05, 3.63) is 18.2 Å². The van der Waals surface area contributed by atoms with E-state index >= 15 is 0 Å². The van der Waals surface area contributed by atoms with Crippen LogP contribution in [0, 0.1) is 5.41 Å². The van der Waals surface area contributed by atoms with Crippen LogP contribution in [0.1, 0.15) is 18.7 Å². The molecular weight excluding hydrogens is 192 g/mol. The van der Waals surface area contributed by atoms with Crippen LogP contribution in [0.4, 0.5) is 0 Å². The van der Waals surface area contributed by atoms with Gasteiger partial charge in [-0.25, -0.2) is 4.98 Å². The Kier molecular flexibility index (Phi) is 3.07. The molecule has 1 aliphatic rings. The summed E-state index contributed by atoms with van der Waals surface area (Å²) in [4.78, 5) is 4.28. The van der Waals surface area contributed by atoms with E-state index in [4.69, 9.17) is 4.74 Å². The Morgan fingerprint density at radius 2 is 2.53 bits per heavy atom. The van der Waals surface area contributed by atoms with Crippen molar-refractivity contribution in [2.75, 3.05) is 19.8 Å². The van der Waals surface area contributed by atoms with Crippen LogP contribution in [0.15, 0.2) is 12.4 Å². The lowest BCUT2D eigenvalue weighted by molar-refractivity contribution is 0.0862. The molecular formula is C11H18N2O2. The van der Waals surface area contributed by atoms with E-state index in [9.17, 15) is 5.11 Å². The van der Waals surface area contributed by atoms with Gasteiger partial charge in [0.05, 0.1) is 13.2 Å². The Hall–Kier alpha value is -0.870. The minimum atomic E-state index is -0.0219. The monoisotopic (exact) mass is 210 g/mol. The number of aliphatic hydroxyl groups excluding tert-OH is 1. The molecule has 0 bridgehead atoms. The second-order valence-corrected chi connectivity index (χ2v) is 4.42. The van der Waals surface area contributed by atoms with Gasteiger partial charge in [-0.1, -0.05) is 0 Å². The maximum Gasteiger partial charge on any atom is 0.108 e. The smallest absolute Gasteiger partial charge is 0.108 e. The average Bonchev–Trinajstić information content (AvgIpc) is 2.85. The molecule has 0 amide bonds. The van der Waals surface area contributed by atoms with Gasteiger partial charge in [0, 0.05) is 37.9 Å². The van der Waals surface area contributed by atoms with Gasteiger partial charge in [-0.05, 0) is 12.8 Å². The molecule has 1 atom stereocenters. The van der Waals surface area contributed by atoms with E-state index in [2.05, 4.69) is 4.98 Å². The third-order valence-corrected chi connectivity index (χ3v) is 3.32. The van der Waals surface area contributed by atoms with Gasteiger partial charge < -0.3 is 14.4 Å². The zero-order chi connectivity index (χ0) is 10.7. The largest absolute Gasteiger partial charge is 0.396 e. The Labute approximate surface area is 89.9 Å². The van der Waals surface area contributed by atoms with Gasteiger partial charge in [0.1, 0.15) is 5.82 Å². The molecule has 1 fully saturated rings. The van der Waals surface area contributed by atoms with E-state index in [1.54, 1.807) is 0 Å². The molecule has 84 valence electrons. The number of imidazole rings is 1. The molecule has 1 N–H and O–H groups in total. The minimum Gasteiger partial charge on any atom is -0.396 e. The fourth-order valence-electron chi connectivity index (χ4n) is 2.06. The topological polar surface area (TPSA) is 47.3 Å². The highest BCUT2D eigenvalue weighted by Crippen LogP contribution is 2.32. The van der Waals surface area contributed by atoms with Crippen LogP contribution in [0.2, 0.25) is 0 Å². The van der Waals surface area contributed by atoms with E-state index in [1.807, 2.05) is 24.0 Å². The molecule has 1 aromatic heterocycles. The van der Waals surface area contributed by atoms with Crippen molar-refractivity contribution in [3.63, 3.8) is 0 Å². The van der Waals surface area contributed by atoms with Crippen molar-refractivity contribution >= 4 is 0 Å². The first kappa shape index (κ1) is 10.6. The van der Waals surface area contributed by atoms with Crippen LogP contribution >= 0.6 is 0 Å². The van der Waals surface area contributed by atoms with Crippen LogP contribution in [-0.2, 0) is 18.2 Å². The molecule has 1 aliphatic heterocycles. The molecule has 4 nitrogen and oxygen atoms in total. The Morgan fingerprint density at radius 1 is 1.67 bits per heavy atom. The number of rotatable bonds is 4. The highest BCUT2D eigenvalue weighted by atomic mass is 16.5. The van der Waals surface area contributed by atoms with E-state index in [0.717, 1.165) is 31.7 Å². The molecule has 15 heavy (non-hydrogen) atoms. The van der Waals surface area contributed by atoms with Gasteiger partial charge in [0.2, 0.25) is 0 Å². The molecule has 0 radical (unpaired) electrons. The number of aliphatic hydroxyl groups is 1. The first-order valence-corrected chi connectivity index (χ1v) is 5.41. The molecule has 2 rings (SSSR count). The number of ether oxygens (including phenoxy) is 1. The van der Waals surface area contributed by atoms with Gasteiger partial charge in [-0.15, -0.1) is 0 Å². The lowest BCUT2D eigenvalue weighted by Gasteiger charge is -2.24. The van der Waals surface area contributed by atoms with Crippen LogP contribution < -0.4 is 0 Å².